The fraction of sp³-hybridized carbons (Fsp3) is 0.300. The lowest BCUT2D eigenvalue weighted by atomic mass is 10.1. The zero-order chi connectivity index (χ0) is 18.8. The summed E-state index contributed by atoms with van der Waals surface area (Å²) in [6.07, 6.45) is 3.67. The first kappa shape index (κ1) is 17.4. The van der Waals surface area contributed by atoms with Gasteiger partial charge in [0.2, 0.25) is 11.9 Å². The van der Waals surface area contributed by atoms with Gasteiger partial charge in [-0.1, -0.05) is 17.7 Å². The second-order valence-electron chi connectivity index (χ2n) is 6.91. The van der Waals surface area contributed by atoms with Gasteiger partial charge in [-0.05, 0) is 44.0 Å². The van der Waals surface area contributed by atoms with Gasteiger partial charge in [0.25, 0.3) is 0 Å². The van der Waals surface area contributed by atoms with Crippen LogP contribution in [0, 0.1) is 20.8 Å². The largest absolute Gasteiger partial charge is 0.343 e. The van der Waals surface area contributed by atoms with Gasteiger partial charge in [-0.3, -0.25) is 15.2 Å². The molecule has 2 N–H and O–H groups in total. The Morgan fingerprint density at radius 1 is 1.19 bits per heavy atom. The van der Waals surface area contributed by atoms with Gasteiger partial charge in [-0.25, -0.2) is 15.0 Å². The molecule has 2 aromatic heterocycles. The number of pyridine rings is 1. The molecule has 0 aliphatic carbocycles. The summed E-state index contributed by atoms with van der Waals surface area (Å²) in [5.74, 6) is 1.26. The Bertz CT molecular complexity index is 998. The monoisotopic (exact) mass is 361 g/mol. The molecule has 4 rings (SSSR count). The van der Waals surface area contributed by atoms with E-state index < -0.39 is 0 Å². The van der Waals surface area contributed by atoms with E-state index in [2.05, 4.69) is 62.5 Å². The molecule has 1 aliphatic heterocycles. The topological polar surface area (TPSA) is 78.3 Å². The van der Waals surface area contributed by atoms with E-state index in [1.807, 2.05) is 19.2 Å². The number of aromatic nitrogens is 3. The van der Waals surface area contributed by atoms with Gasteiger partial charge in [0.05, 0.1) is 24.5 Å². The molecule has 0 saturated carbocycles. The van der Waals surface area contributed by atoms with E-state index in [1.54, 1.807) is 6.20 Å². The number of hydrogen-bond acceptors (Lipinski definition) is 7. The van der Waals surface area contributed by atoms with Gasteiger partial charge in [-0.2, -0.15) is 0 Å². The summed E-state index contributed by atoms with van der Waals surface area (Å²) in [6, 6.07) is 8.30. The maximum atomic E-state index is 4.69. The zero-order valence-corrected chi connectivity index (χ0v) is 15.8. The Labute approximate surface area is 158 Å². The maximum absolute atomic E-state index is 4.69. The highest BCUT2D eigenvalue weighted by Gasteiger charge is 2.14. The summed E-state index contributed by atoms with van der Waals surface area (Å²) in [5, 5.41) is 7.61. The Balaban J connectivity index is 1.48. The van der Waals surface area contributed by atoms with Crippen molar-refractivity contribution in [2.75, 3.05) is 18.7 Å². The van der Waals surface area contributed by atoms with Gasteiger partial charge in [-0.15, -0.1) is 0 Å². The molecule has 0 saturated heterocycles. The van der Waals surface area contributed by atoms with Crippen LogP contribution in [-0.2, 0) is 6.54 Å². The number of hydrogen-bond donors (Lipinski definition) is 2. The van der Waals surface area contributed by atoms with Gasteiger partial charge in [0, 0.05) is 24.3 Å². The fourth-order valence-electron chi connectivity index (χ4n) is 3.30. The number of rotatable bonds is 3. The first-order valence-electron chi connectivity index (χ1n) is 9.01. The molecule has 0 amide bonds. The van der Waals surface area contributed by atoms with E-state index in [0.717, 1.165) is 28.7 Å². The molecular weight excluding hydrogens is 338 g/mol. The third-order valence-electron chi connectivity index (χ3n) is 4.58. The predicted molar refractivity (Wildman–Crippen MR) is 107 cm³/mol. The molecule has 27 heavy (non-hydrogen) atoms. The molecule has 0 atom stereocenters. The van der Waals surface area contributed by atoms with Crippen molar-refractivity contribution in [3.8, 4) is 0 Å². The lowest BCUT2D eigenvalue weighted by molar-refractivity contribution is 0.256. The minimum atomic E-state index is 0.568. The smallest absolute Gasteiger partial charge is 0.230 e. The minimum Gasteiger partial charge on any atom is -0.343 e. The molecule has 0 fully saturated rings. The lowest BCUT2D eigenvalue weighted by Crippen LogP contribution is -2.45. The maximum Gasteiger partial charge on any atom is 0.230 e. The van der Waals surface area contributed by atoms with Gasteiger partial charge < -0.3 is 5.32 Å². The van der Waals surface area contributed by atoms with Crippen LogP contribution in [-0.4, -0.2) is 39.1 Å². The van der Waals surface area contributed by atoms with Crippen molar-refractivity contribution in [2.45, 2.75) is 27.3 Å². The van der Waals surface area contributed by atoms with Crippen LogP contribution in [0.15, 0.2) is 41.7 Å². The van der Waals surface area contributed by atoms with Crippen LogP contribution in [0.2, 0.25) is 0 Å². The molecule has 0 bridgehead atoms. The first-order valence-corrected chi connectivity index (χ1v) is 9.01. The van der Waals surface area contributed by atoms with Crippen molar-refractivity contribution >= 4 is 22.8 Å². The minimum absolute atomic E-state index is 0.568. The van der Waals surface area contributed by atoms with Gasteiger partial charge >= 0.3 is 0 Å². The van der Waals surface area contributed by atoms with E-state index in [9.17, 15) is 0 Å². The summed E-state index contributed by atoms with van der Waals surface area (Å²) in [7, 11) is 0. The van der Waals surface area contributed by atoms with Crippen LogP contribution in [0.4, 0.5) is 5.95 Å². The Morgan fingerprint density at radius 2 is 2.07 bits per heavy atom. The average Bonchev–Trinajstić information content (AvgIpc) is 2.65. The van der Waals surface area contributed by atoms with Crippen molar-refractivity contribution < 1.29 is 0 Å². The average molecular weight is 361 g/mol. The first-order chi connectivity index (χ1) is 13.1. The second kappa shape index (κ2) is 7.28. The second-order valence-corrected chi connectivity index (χ2v) is 6.91. The van der Waals surface area contributed by atoms with E-state index >= 15 is 0 Å². The molecule has 0 spiro atoms. The molecule has 3 heterocycles. The molecule has 7 heteroatoms. The van der Waals surface area contributed by atoms with Crippen molar-refractivity contribution in [1.29, 1.82) is 0 Å². The molecular formula is C20H23N7. The normalized spacial score (nSPS) is 14.7. The molecule has 0 radical (unpaired) electrons. The zero-order valence-electron chi connectivity index (χ0n) is 15.8. The van der Waals surface area contributed by atoms with E-state index in [4.69, 9.17) is 4.98 Å². The number of fused-ring (bicyclic) bond motifs is 1. The van der Waals surface area contributed by atoms with Gasteiger partial charge in [0.1, 0.15) is 0 Å². The lowest BCUT2D eigenvalue weighted by Gasteiger charge is -2.26. The van der Waals surface area contributed by atoms with Crippen LogP contribution in [0.3, 0.4) is 0 Å². The highest BCUT2D eigenvalue weighted by Crippen LogP contribution is 2.22. The van der Waals surface area contributed by atoms with E-state index in [1.165, 1.54) is 11.1 Å². The number of guanidine groups is 1. The van der Waals surface area contributed by atoms with Crippen LogP contribution >= 0.6 is 0 Å². The molecule has 3 aromatic rings. The number of benzene rings is 1. The quantitative estimate of drug-likeness (QED) is 0.747. The van der Waals surface area contributed by atoms with Crippen LogP contribution < -0.4 is 10.6 Å². The summed E-state index contributed by atoms with van der Waals surface area (Å²) in [4.78, 5) is 20.2. The van der Waals surface area contributed by atoms with Crippen LogP contribution in [0.1, 0.15) is 22.4 Å². The fourth-order valence-corrected chi connectivity index (χ4v) is 3.30. The molecule has 0 unspecified atom stereocenters. The SMILES string of the molecule is Cc1cc(C)c2nc(NC3=NCN(Cc4cccnc4)CN3)nc(C)c2c1. The van der Waals surface area contributed by atoms with Crippen LogP contribution in [0.25, 0.3) is 10.9 Å². The Morgan fingerprint density at radius 3 is 2.81 bits per heavy atom. The molecule has 138 valence electrons. The van der Waals surface area contributed by atoms with Crippen molar-refractivity contribution in [2.24, 2.45) is 4.99 Å². The Hall–Kier alpha value is -3.06. The summed E-state index contributed by atoms with van der Waals surface area (Å²) in [6.45, 7) is 8.30. The Kier molecular flexibility index (Phi) is 4.68. The highest BCUT2D eigenvalue weighted by atomic mass is 15.4. The third-order valence-corrected chi connectivity index (χ3v) is 4.58. The van der Waals surface area contributed by atoms with Crippen molar-refractivity contribution in [1.82, 2.24) is 25.2 Å². The van der Waals surface area contributed by atoms with E-state index in [0.29, 0.717) is 25.2 Å². The van der Waals surface area contributed by atoms with Gasteiger partial charge in [0.15, 0.2) is 0 Å². The number of anilines is 1. The molecule has 7 nitrogen and oxygen atoms in total. The number of nitrogens with one attached hydrogen (secondary N) is 2. The highest BCUT2D eigenvalue weighted by molar-refractivity contribution is 5.94. The van der Waals surface area contributed by atoms with Crippen molar-refractivity contribution in [3.63, 3.8) is 0 Å². The molecule has 1 aromatic carbocycles. The predicted octanol–water partition coefficient (Wildman–Crippen LogP) is 2.74. The van der Waals surface area contributed by atoms with Crippen LogP contribution in [0.5, 0.6) is 0 Å². The van der Waals surface area contributed by atoms with Crippen molar-refractivity contribution in [3.05, 3.63) is 59.0 Å². The summed E-state index contributed by atoms with van der Waals surface area (Å²) in [5.41, 5.74) is 5.48. The summed E-state index contributed by atoms with van der Waals surface area (Å²) >= 11 is 0. The summed E-state index contributed by atoms with van der Waals surface area (Å²) < 4.78 is 0. The van der Waals surface area contributed by atoms with E-state index in [-0.39, 0.29) is 0 Å². The standard InChI is InChI=1S/C20H23N7/c1-13-7-14(2)18-17(8-13)15(3)24-20(25-18)26-19-22-11-27(12-23-19)10-16-5-4-6-21-9-16/h4-9H,10-12H2,1-3H3,(H2,22,23,24,25,26). The number of aliphatic imine (C=N–C) groups is 1. The molecule has 1 aliphatic rings. The number of nitrogens with zero attached hydrogens (tertiary/aromatic N) is 5. The number of aryl methyl sites for hydroxylation is 3. The third kappa shape index (κ3) is 3.88.